The SMILES string of the molecule is CC/C(=C(/c1ccc(/C=C/C(=O)O)cc1)c1ccc2c(c1)C=NC2)c1ccc(F)cc1Cl.C[C@@H]1Cc2c([nH]c3ccccc23)[C@@H](c2c(F)cc(/C=C/C(=O)O)cc2F)N1CC(C)(F)F. The Bertz CT molecular complexity index is 2860. The largest absolute Gasteiger partial charge is 0.478 e. The summed E-state index contributed by atoms with van der Waals surface area (Å²) in [5, 5.41) is 18.9. The van der Waals surface area contributed by atoms with Crippen LogP contribution in [0.2, 0.25) is 5.02 Å². The van der Waals surface area contributed by atoms with Crippen LogP contribution in [0, 0.1) is 17.5 Å². The Morgan fingerprint density at radius 1 is 0.875 bits per heavy atom. The number of nitrogens with zero attached hydrogens (tertiary/aromatic N) is 2. The van der Waals surface area contributed by atoms with Crippen LogP contribution in [-0.4, -0.2) is 56.8 Å². The Morgan fingerprint density at radius 3 is 2.17 bits per heavy atom. The van der Waals surface area contributed by atoms with Crippen LogP contribution in [0.15, 0.2) is 114 Å². The molecule has 3 heterocycles. The van der Waals surface area contributed by atoms with E-state index in [-0.39, 0.29) is 16.9 Å². The minimum atomic E-state index is -3.08. The molecule has 6 aromatic rings. The summed E-state index contributed by atoms with van der Waals surface area (Å²) < 4.78 is 72.4. The minimum Gasteiger partial charge on any atom is -0.478 e. The molecule has 5 aromatic carbocycles. The van der Waals surface area contributed by atoms with Crippen molar-refractivity contribution in [1.29, 1.82) is 0 Å². The van der Waals surface area contributed by atoms with E-state index >= 15 is 8.78 Å². The Kier molecular flexibility index (Phi) is 13.5. The number of rotatable bonds is 11. The van der Waals surface area contributed by atoms with Crippen LogP contribution in [0.5, 0.6) is 0 Å². The van der Waals surface area contributed by atoms with Gasteiger partial charge in [-0.15, -0.1) is 0 Å². The molecule has 0 saturated carbocycles. The zero-order valence-electron chi connectivity index (χ0n) is 35.0. The van der Waals surface area contributed by atoms with E-state index in [9.17, 15) is 22.8 Å². The molecule has 8 rings (SSSR count). The molecule has 1 aromatic heterocycles. The van der Waals surface area contributed by atoms with Gasteiger partial charge in [0.2, 0.25) is 0 Å². The minimum absolute atomic E-state index is 0.0271. The monoisotopic (exact) mass is 891 g/mol. The maximum atomic E-state index is 15.3. The van der Waals surface area contributed by atoms with Gasteiger partial charge in [0, 0.05) is 53.5 Å². The van der Waals surface area contributed by atoms with E-state index in [2.05, 4.69) is 28.2 Å². The molecule has 64 heavy (non-hydrogen) atoms. The lowest BCUT2D eigenvalue weighted by molar-refractivity contribution is -0.132. The van der Waals surface area contributed by atoms with Crippen molar-refractivity contribution in [3.8, 4) is 0 Å². The van der Waals surface area contributed by atoms with E-state index in [1.54, 1.807) is 19.1 Å². The van der Waals surface area contributed by atoms with Crippen LogP contribution in [0.1, 0.15) is 89.0 Å². The fourth-order valence-electron chi connectivity index (χ4n) is 8.45. The molecule has 0 unspecified atom stereocenters. The number of hydrogen-bond donors (Lipinski definition) is 3. The van der Waals surface area contributed by atoms with E-state index in [0.29, 0.717) is 30.1 Å². The second-order valence-electron chi connectivity index (χ2n) is 15.8. The first kappa shape index (κ1) is 45.4. The number of allylic oxidation sites excluding steroid dienone is 1. The van der Waals surface area contributed by atoms with Crippen LogP contribution in [0.4, 0.5) is 22.0 Å². The van der Waals surface area contributed by atoms with Crippen molar-refractivity contribution in [2.75, 3.05) is 6.54 Å². The molecule has 0 spiro atoms. The van der Waals surface area contributed by atoms with Gasteiger partial charge in [-0.25, -0.2) is 31.5 Å². The molecule has 0 bridgehead atoms. The normalized spacial score (nSPS) is 16.5. The topological polar surface area (TPSA) is 106 Å². The fraction of sp³-hybridized carbons (Fsp3) is 0.196. The highest BCUT2D eigenvalue weighted by molar-refractivity contribution is 6.32. The molecule has 13 heteroatoms. The first-order valence-electron chi connectivity index (χ1n) is 20.5. The van der Waals surface area contributed by atoms with Crippen molar-refractivity contribution >= 4 is 64.0 Å². The quantitative estimate of drug-likeness (QED) is 0.0682. The number of H-pyrrole nitrogens is 1. The second-order valence-corrected chi connectivity index (χ2v) is 16.2. The molecule has 0 radical (unpaired) electrons. The van der Waals surface area contributed by atoms with E-state index < -0.39 is 48.1 Å². The van der Waals surface area contributed by atoms with Gasteiger partial charge >= 0.3 is 11.9 Å². The molecule has 0 amide bonds. The van der Waals surface area contributed by atoms with Crippen molar-refractivity contribution in [2.24, 2.45) is 4.99 Å². The average Bonchev–Trinajstić information content (AvgIpc) is 3.87. The maximum Gasteiger partial charge on any atom is 0.328 e. The predicted molar refractivity (Wildman–Crippen MR) is 242 cm³/mol. The van der Waals surface area contributed by atoms with Gasteiger partial charge < -0.3 is 15.2 Å². The number of para-hydroxylation sites is 1. The number of carboxylic acid groups (broad SMARTS) is 2. The van der Waals surface area contributed by atoms with Gasteiger partial charge in [0.15, 0.2) is 0 Å². The lowest BCUT2D eigenvalue weighted by atomic mass is 9.87. The van der Waals surface area contributed by atoms with Crippen molar-refractivity contribution in [2.45, 2.75) is 58.2 Å². The first-order chi connectivity index (χ1) is 30.5. The number of carbonyl (C=O) groups is 2. The molecule has 2 aliphatic rings. The van der Waals surface area contributed by atoms with Gasteiger partial charge in [-0.1, -0.05) is 79.2 Å². The van der Waals surface area contributed by atoms with E-state index in [1.165, 1.54) is 22.6 Å². The molecule has 328 valence electrons. The zero-order chi connectivity index (χ0) is 45.9. The van der Waals surface area contributed by atoms with Crippen LogP contribution >= 0.6 is 11.6 Å². The van der Waals surface area contributed by atoms with Crippen molar-refractivity contribution in [3.63, 3.8) is 0 Å². The van der Waals surface area contributed by atoms with Gasteiger partial charge in [0.25, 0.3) is 5.92 Å². The summed E-state index contributed by atoms with van der Waals surface area (Å²) in [4.78, 5) is 30.5. The van der Waals surface area contributed by atoms with Gasteiger partial charge in [-0.2, -0.15) is 0 Å². The number of aliphatic imine (C=N–C) groups is 1. The number of aromatic nitrogens is 1. The predicted octanol–water partition coefficient (Wildman–Crippen LogP) is 12.4. The fourth-order valence-corrected chi connectivity index (χ4v) is 8.73. The molecule has 2 aliphatic heterocycles. The summed E-state index contributed by atoms with van der Waals surface area (Å²) in [5.74, 6) is -7.55. The van der Waals surface area contributed by atoms with E-state index in [0.717, 1.165) is 92.7 Å². The molecular weight excluding hydrogens is 849 g/mol. The number of nitrogens with one attached hydrogen (secondary N) is 1. The van der Waals surface area contributed by atoms with Crippen molar-refractivity contribution < 1.29 is 41.8 Å². The van der Waals surface area contributed by atoms with Crippen LogP contribution in [-0.2, 0) is 22.6 Å². The standard InChI is InChI=1S/C27H21ClFNO2.C24H22F4N2O2/c1-2-23(24-11-10-22(29)14-25(24)28)27(19-8-9-20-15-30-16-21(20)13-19)18-6-3-17(4-7-18)5-12-26(31)32;1-13-9-16-15-5-3-4-6-19(15)29-22(16)23(30(13)12-24(2,27)28)21-17(25)10-14(11-18(21)26)7-8-20(31)32/h3-14,16H,2,15H2,1H3,(H,31,32);3-8,10-11,13,23,29H,9,12H2,1-2H3,(H,31,32)/b12-5+,27-23+;8-7+/t;13-,23-/m.1/s1. The van der Waals surface area contributed by atoms with Crippen LogP contribution in [0.25, 0.3) is 34.2 Å². The Balaban J connectivity index is 0.000000191. The van der Waals surface area contributed by atoms with Crippen molar-refractivity contribution in [1.82, 2.24) is 9.88 Å². The van der Waals surface area contributed by atoms with Gasteiger partial charge in [-0.05, 0) is 124 Å². The first-order valence-corrected chi connectivity index (χ1v) is 20.8. The number of halogens is 6. The maximum absolute atomic E-state index is 15.3. The number of hydrogen-bond acceptors (Lipinski definition) is 4. The molecule has 3 N–H and O–H groups in total. The average molecular weight is 892 g/mol. The van der Waals surface area contributed by atoms with Gasteiger partial charge in [0.05, 0.1) is 24.2 Å². The third-order valence-corrected chi connectivity index (χ3v) is 11.5. The third kappa shape index (κ3) is 10.1. The Morgan fingerprint density at radius 2 is 1.53 bits per heavy atom. The lowest BCUT2D eigenvalue weighted by Crippen LogP contribution is -2.47. The lowest BCUT2D eigenvalue weighted by Gasteiger charge is -2.42. The van der Waals surface area contributed by atoms with Gasteiger partial charge in [0.1, 0.15) is 17.5 Å². The van der Waals surface area contributed by atoms with E-state index in [4.69, 9.17) is 21.8 Å². The number of aliphatic carboxylic acids is 2. The highest BCUT2D eigenvalue weighted by atomic mass is 35.5. The molecule has 0 aliphatic carbocycles. The third-order valence-electron chi connectivity index (χ3n) is 11.2. The second kappa shape index (κ2) is 19.0. The highest BCUT2D eigenvalue weighted by Crippen LogP contribution is 2.44. The molecule has 2 atom stereocenters. The number of aromatic amines is 1. The smallest absolute Gasteiger partial charge is 0.328 e. The summed E-state index contributed by atoms with van der Waals surface area (Å²) in [6, 6.07) is 26.4. The number of benzene rings is 5. The Labute approximate surface area is 371 Å². The van der Waals surface area contributed by atoms with E-state index in [1.807, 2.05) is 61.7 Å². The number of alkyl halides is 2. The summed E-state index contributed by atoms with van der Waals surface area (Å²) in [7, 11) is 0. The highest BCUT2D eigenvalue weighted by Gasteiger charge is 2.42. The summed E-state index contributed by atoms with van der Waals surface area (Å²) in [6.07, 6.45) is 7.54. The number of fused-ring (bicyclic) bond motifs is 4. The Hall–Kier alpha value is -6.63. The zero-order valence-corrected chi connectivity index (χ0v) is 35.7. The summed E-state index contributed by atoms with van der Waals surface area (Å²) in [5.41, 5.74) is 9.60. The number of carboxylic acids is 2. The summed E-state index contributed by atoms with van der Waals surface area (Å²) in [6.45, 7) is 4.61. The molecular formula is C51H43ClF5N3O4. The molecule has 7 nitrogen and oxygen atoms in total. The molecule has 0 fully saturated rings. The van der Waals surface area contributed by atoms with Crippen LogP contribution in [0.3, 0.4) is 0 Å². The molecule has 0 saturated heterocycles. The van der Waals surface area contributed by atoms with Crippen molar-refractivity contribution in [3.05, 3.63) is 187 Å². The summed E-state index contributed by atoms with van der Waals surface area (Å²) >= 11 is 6.45. The van der Waals surface area contributed by atoms with Crippen LogP contribution < -0.4 is 0 Å². The van der Waals surface area contributed by atoms with Gasteiger partial charge in [-0.3, -0.25) is 9.89 Å².